The topological polar surface area (TPSA) is 159 Å². The van der Waals surface area contributed by atoms with E-state index in [1.807, 2.05) is 39.0 Å². The van der Waals surface area contributed by atoms with Crippen LogP contribution >= 0.6 is 23.2 Å². The van der Waals surface area contributed by atoms with Crippen molar-refractivity contribution in [3.63, 3.8) is 0 Å². The Bertz CT molecular complexity index is 1970. The number of carbonyl (C=O) groups is 3. The molecule has 5 aliphatic rings. The molecule has 2 aliphatic heterocycles. The van der Waals surface area contributed by atoms with Crippen molar-refractivity contribution in [3.8, 4) is 11.8 Å². The minimum atomic E-state index is -1.21. The van der Waals surface area contributed by atoms with Crippen molar-refractivity contribution >= 4 is 55.2 Å². The molecule has 12 nitrogen and oxygen atoms in total. The van der Waals surface area contributed by atoms with E-state index in [9.17, 15) is 24.7 Å². The van der Waals surface area contributed by atoms with Crippen molar-refractivity contribution in [1.29, 1.82) is 5.26 Å². The highest BCUT2D eigenvalue weighted by molar-refractivity contribution is 6.48. The average Bonchev–Trinajstić information content (AvgIpc) is 3.81. The first-order chi connectivity index (χ1) is 29.3. The average molecular weight is 894 g/mol. The number of amides is 3. The van der Waals surface area contributed by atoms with Gasteiger partial charge in [0.15, 0.2) is 0 Å². The van der Waals surface area contributed by atoms with Gasteiger partial charge in [-0.25, -0.2) is 0 Å². The Morgan fingerprint density at radius 2 is 1.82 bits per heavy atom. The number of nitrogens with one attached hydrogen (secondary N) is 2. The lowest BCUT2D eigenvalue weighted by Gasteiger charge is -2.64. The van der Waals surface area contributed by atoms with Crippen LogP contribution in [-0.2, 0) is 30.1 Å². The van der Waals surface area contributed by atoms with Gasteiger partial charge in [0.05, 0.1) is 53.6 Å². The van der Waals surface area contributed by atoms with E-state index in [0.717, 1.165) is 31.2 Å². The molecule has 9 atom stereocenters. The number of benzene rings is 2. The summed E-state index contributed by atoms with van der Waals surface area (Å²) in [4.78, 5) is 43.9. The molecule has 5 fully saturated rings. The van der Waals surface area contributed by atoms with Crippen LogP contribution in [0.4, 0.5) is 0 Å². The molecular weight excluding hydrogens is 829 g/mol. The Morgan fingerprint density at radius 3 is 2.52 bits per heavy atom. The summed E-state index contributed by atoms with van der Waals surface area (Å²) in [5.41, 5.74) is 0.449. The predicted octanol–water partition coefficient (Wildman–Crippen LogP) is 7.43. The van der Waals surface area contributed by atoms with Gasteiger partial charge >= 0.3 is 14.2 Å². The molecule has 3 aliphatic carbocycles. The second-order valence-corrected chi connectivity index (χ2v) is 20.6. The second kappa shape index (κ2) is 20.2. The lowest BCUT2D eigenvalue weighted by molar-refractivity contribution is -0.199. The summed E-state index contributed by atoms with van der Waals surface area (Å²) >= 11 is 12.7. The van der Waals surface area contributed by atoms with Gasteiger partial charge in [-0.2, -0.15) is 5.26 Å². The zero-order valence-electron chi connectivity index (χ0n) is 37.5. The van der Waals surface area contributed by atoms with Gasteiger partial charge in [0, 0.05) is 11.6 Å². The van der Waals surface area contributed by atoms with Crippen LogP contribution in [0.15, 0.2) is 42.5 Å². The van der Waals surface area contributed by atoms with Crippen LogP contribution in [0.3, 0.4) is 0 Å². The second-order valence-electron chi connectivity index (χ2n) is 19.7. The summed E-state index contributed by atoms with van der Waals surface area (Å²) in [5.74, 6) is -1.08. The van der Waals surface area contributed by atoms with Gasteiger partial charge < -0.3 is 39.3 Å². The molecule has 2 aromatic rings. The number of halogens is 2. The Morgan fingerprint density at radius 1 is 1.06 bits per heavy atom. The van der Waals surface area contributed by atoms with E-state index < -0.39 is 49.6 Å². The SMILES string of the molecule is CC(C)CB(O)Oc1cccc(C[C@H](NC(=O)[C@H](COC[C@H]2CCCN2C(=O)C(C#N)C(C)CC(C)C)NC(=O)c2cc(Cl)ccc2Cl)B2O[C@@H]3C[C@H]4C[C@@H](C4(C)C)[C@]3(C)O2)c1. The molecule has 3 saturated carbocycles. The van der Waals surface area contributed by atoms with Crippen molar-refractivity contribution in [2.45, 2.75) is 130 Å². The predicted molar refractivity (Wildman–Crippen MR) is 241 cm³/mol. The molecule has 2 bridgehead atoms. The van der Waals surface area contributed by atoms with E-state index >= 15 is 0 Å². The normalized spacial score (nSPS) is 25.6. The Balaban J connectivity index is 1.23. The molecule has 3 N–H and O–H groups in total. The van der Waals surface area contributed by atoms with E-state index in [0.29, 0.717) is 41.9 Å². The third kappa shape index (κ3) is 11.0. The lowest BCUT2D eigenvalue weighted by Crippen LogP contribution is -2.65. The number of rotatable bonds is 19. The summed E-state index contributed by atoms with van der Waals surface area (Å²) in [5, 5.41) is 27.1. The number of nitrogens with zero attached hydrogens (tertiary/aromatic N) is 2. The molecule has 2 unspecified atom stereocenters. The van der Waals surface area contributed by atoms with Gasteiger partial charge in [-0.3, -0.25) is 14.4 Å². The number of likely N-dealkylation sites (tertiary alicyclic amines) is 1. The quantitative estimate of drug-likeness (QED) is 0.122. The monoisotopic (exact) mass is 892 g/mol. The van der Waals surface area contributed by atoms with Gasteiger partial charge in [-0.05, 0) is 123 Å². The molecule has 3 amide bonds. The first-order valence-corrected chi connectivity index (χ1v) is 23.2. The van der Waals surface area contributed by atoms with Crippen LogP contribution in [0.25, 0.3) is 0 Å². The van der Waals surface area contributed by atoms with Crippen LogP contribution < -0.4 is 15.3 Å². The molecule has 0 spiro atoms. The highest BCUT2D eigenvalue weighted by Gasteiger charge is 2.68. The van der Waals surface area contributed by atoms with Crippen molar-refractivity contribution in [2.24, 2.45) is 40.9 Å². The summed E-state index contributed by atoms with van der Waals surface area (Å²) in [6.07, 6.45) is 4.70. The van der Waals surface area contributed by atoms with Crippen LogP contribution in [-0.4, -0.2) is 91.4 Å². The van der Waals surface area contributed by atoms with Crippen LogP contribution in [0.5, 0.6) is 5.75 Å². The highest BCUT2D eigenvalue weighted by atomic mass is 35.5. The van der Waals surface area contributed by atoms with Crippen molar-refractivity contribution in [2.75, 3.05) is 19.8 Å². The fraction of sp³-hybridized carbons (Fsp3) is 0.652. The van der Waals surface area contributed by atoms with Crippen LogP contribution in [0.2, 0.25) is 16.4 Å². The summed E-state index contributed by atoms with van der Waals surface area (Å²) in [6, 6.07) is 12.6. The molecule has 0 radical (unpaired) electrons. The molecule has 2 heterocycles. The number of nitriles is 1. The third-order valence-electron chi connectivity index (χ3n) is 13.8. The van der Waals surface area contributed by atoms with Gasteiger partial charge in [0.1, 0.15) is 17.7 Å². The van der Waals surface area contributed by atoms with E-state index in [2.05, 4.69) is 51.3 Å². The first kappa shape index (κ1) is 48.2. The number of carbonyl (C=O) groups excluding carboxylic acids is 3. The van der Waals surface area contributed by atoms with Crippen molar-refractivity contribution in [1.82, 2.24) is 15.5 Å². The third-order valence-corrected chi connectivity index (χ3v) is 14.4. The Kier molecular flexibility index (Phi) is 15.7. The molecule has 7 rings (SSSR count). The molecular formula is C46H64B2Cl2N4O8. The maximum absolute atomic E-state index is 14.7. The summed E-state index contributed by atoms with van der Waals surface area (Å²) < 4.78 is 25.7. The van der Waals surface area contributed by atoms with Crippen LogP contribution in [0, 0.1) is 52.3 Å². The van der Waals surface area contributed by atoms with E-state index in [-0.39, 0.29) is 71.4 Å². The number of hydrogen-bond acceptors (Lipinski definition) is 9. The number of ether oxygens (including phenoxy) is 1. The zero-order valence-corrected chi connectivity index (χ0v) is 39.0. The van der Waals surface area contributed by atoms with Gasteiger partial charge in [-0.1, -0.05) is 83.8 Å². The van der Waals surface area contributed by atoms with E-state index in [1.165, 1.54) is 12.1 Å². The largest absolute Gasteiger partial charge is 0.536 e. The Labute approximate surface area is 378 Å². The maximum Gasteiger partial charge on any atom is 0.522 e. The van der Waals surface area contributed by atoms with Crippen LogP contribution in [0.1, 0.15) is 103 Å². The molecule has 2 aromatic carbocycles. The standard InChI is InChI=1S/C46H64B2Cl2N4O8/c1-27(2)17-29(5)36(24-51)44(57)54-16-10-12-33(54)25-59-26-38(52-42(55)35-22-32(49)14-15-37(35)50)43(56)53-41(19-30-11-9-13-34(18-30)60-47(58)23-28(3)4)48-61-40-21-31-20-39(45(31,6)7)46(40,8)62-48/h9,11,13-15,18,22,27-29,31,33,36,38-41,58H,10,12,16-17,19-21,23,25-26H2,1-8H3,(H,52,55)(H,53,56)/t29?,31-,33-,36?,38+,39+,40-,41+,46+/m1/s1. The number of hydrogen-bond donors (Lipinski definition) is 3. The van der Waals surface area contributed by atoms with Gasteiger partial charge in [0.25, 0.3) is 5.91 Å². The fourth-order valence-corrected chi connectivity index (χ4v) is 10.7. The lowest BCUT2D eigenvalue weighted by atomic mass is 9.43. The molecule has 336 valence electrons. The maximum atomic E-state index is 14.7. The smallest absolute Gasteiger partial charge is 0.522 e. The summed E-state index contributed by atoms with van der Waals surface area (Å²) in [6.45, 7) is 17.2. The van der Waals surface area contributed by atoms with Crippen molar-refractivity contribution < 1.29 is 38.1 Å². The minimum absolute atomic E-state index is 0.0941. The Hall–Kier alpha value is -3.31. The van der Waals surface area contributed by atoms with E-state index in [4.69, 9.17) is 41.9 Å². The first-order valence-electron chi connectivity index (χ1n) is 22.4. The minimum Gasteiger partial charge on any atom is -0.536 e. The van der Waals surface area contributed by atoms with Crippen molar-refractivity contribution in [3.05, 3.63) is 63.6 Å². The summed E-state index contributed by atoms with van der Waals surface area (Å²) in [7, 11) is -1.79. The molecule has 2 saturated heterocycles. The fourth-order valence-electron chi connectivity index (χ4n) is 10.4. The highest BCUT2D eigenvalue weighted by Crippen LogP contribution is 2.65. The molecule has 16 heteroatoms. The van der Waals surface area contributed by atoms with Gasteiger partial charge in [0.2, 0.25) is 11.8 Å². The van der Waals surface area contributed by atoms with E-state index in [1.54, 1.807) is 17.0 Å². The van der Waals surface area contributed by atoms with Gasteiger partial charge in [-0.15, -0.1) is 0 Å². The molecule has 0 aromatic heterocycles. The zero-order chi connectivity index (χ0) is 45.1. The molecule has 62 heavy (non-hydrogen) atoms.